The lowest BCUT2D eigenvalue weighted by Crippen LogP contribution is -2.03. The summed E-state index contributed by atoms with van der Waals surface area (Å²) in [5, 5.41) is 2.25. The summed E-state index contributed by atoms with van der Waals surface area (Å²) >= 11 is 0. The summed E-state index contributed by atoms with van der Waals surface area (Å²) in [6, 6.07) is 31.4. The van der Waals surface area contributed by atoms with E-state index in [2.05, 4.69) is 40.0 Å². The van der Waals surface area contributed by atoms with Gasteiger partial charge in [-0.2, -0.15) is 0 Å². The Morgan fingerprint density at radius 2 is 1.51 bits per heavy atom. The van der Waals surface area contributed by atoms with Crippen molar-refractivity contribution in [2.24, 2.45) is 7.05 Å². The van der Waals surface area contributed by atoms with Crippen molar-refractivity contribution in [3.05, 3.63) is 139 Å². The lowest BCUT2D eigenvalue weighted by Gasteiger charge is -2.09. The number of ether oxygens (including phenoxy) is 1. The van der Waals surface area contributed by atoms with E-state index in [0.717, 1.165) is 33.3 Å². The molecule has 0 spiro atoms. The van der Waals surface area contributed by atoms with E-state index in [1.54, 1.807) is 6.33 Å². The minimum absolute atomic E-state index is 0.0297. The van der Waals surface area contributed by atoms with Crippen LogP contribution in [0.15, 0.2) is 122 Å². The first-order chi connectivity index (χ1) is 18.2. The Kier molecular flexibility index (Phi) is 5.87. The fraction of sp³-hybridized carbons (Fsp3) is 0.0625. The van der Waals surface area contributed by atoms with Crippen molar-refractivity contribution in [2.75, 3.05) is 0 Å². The third kappa shape index (κ3) is 4.55. The van der Waals surface area contributed by atoms with Gasteiger partial charge in [0.1, 0.15) is 11.5 Å². The molecule has 5 nitrogen and oxygen atoms in total. The maximum atomic E-state index is 13.9. The first kappa shape index (κ1) is 22.6. The molecule has 0 aliphatic carbocycles. The summed E-state index contributed by atoms with van der Waals surface area (Å²) in [4.78, 5) is 18.1. The van der Waals surface area contributed by atoms with Crippen LogP contribution in [0.3, 0.4) is 0 Å². The molecule has 0 aliphatic heterocycles. The highest BCUT2D eigenvalue weighted by atomic mass is 16.5. The molecule has 4 aromatic carbocycles. The summed E-state index contributed by atoms with van der Waals surface area (Å²) in [5.41, 5.74) is 4.28. The molecule has 0 amide bonds. The minimum atomic E-state index is -0.0297. The molecule has 0 bridgehead atoms. The summed E-state index contributed by atoms with van der Waals surface area (Å²) in [7, 11) is 1.97. The monoisotopic (exact) mass is 483 g/mol. The van der Waals surface area contributed by atoms with Crippen molar-refractivity contribution < 1.29 is 9.53 Å². The molecule has 0 unspecified atom stereocenters. The van der Waals surface area contributed by atoms with Gasteiger partial charge in [-0.05, 0) is 52.7 Å². The molecule has 0 fully saturated rings. The van der Waals surface area contributed by atoms with Crippen LogP contribution in [-0.2, 0) is 13.6 Å². The SMILES string of the molecule is Cn1cncc1Cn1cc(C(=O)c2ccc(Oc3ccccc3)cc2)c(-c2cccc3ccccc23)c1. The van der Waals surface area contributed by atoms with Crippen LogP contribution in [-0.4, -0.2) is 19.9 Å². The van der Waals surface area contributed by atoms with Crippen molar-refractivity contribution in [3.8, 4) is 22.6 Å². The van der Waals surface area contributed by atoms with E-state index in [0.29, 0.717) is 23.4 Å². The van der Waals surface area contributed by atoms with E-state index in [4.69, 9.17) is 4.74 Å². The highest BCUT2D eigenvalue weighted by molar-refractivity contribution is 6.14. The number of ketones is 1. The predicted octanol–water partition coefficient (Wildman–Crippen LogP) is 7.11. The standard InChI is InChI=1S/C32H25N3O2/c1-34-22-33-18-25(34)19-35-20-30(29-13-7-9-23-8-5-6-12-28(23)29)31(21-35)32(36)24-14-16-27(17-15-24)37-26-10-3-2-4-11-26/h2-18,20-22H,19H2,1H3. The topological polar surface area (TPSA) is 49.0 Å². The summed E-state index contributed by atoms with van der Waals surface area (Å²) in [6.07, 6.45) is 7.65. The van der Waals surface area contributed by atoms with E-state index in [1.807, 2.05) is 96.8 Å². The van der Waals surface area contributed by atoms with Crippen LogP contribution in [0.2, 0.25) is 0 Å². The lowest BCUT2D eigenvalue weighted by molar-refractivity contribution is 0.103. The first-order valence-corrected chi connectivity index (χ1v) is 12.2. The van der Waals surface area contributed by atoms with Crippen LogP contribution in [0.1, 0.15) is 21.6 Å². The molecule has 5 heteroatoms. The Morgan fingerprint density at radius 1 is 0.784 bits per heavy atom. The number of benzene rings is 4. The number of nitrogens with zero attached hydrogens (tertiary/aromatic N) is 3. The van der Waals surface area contributed by atoms with Gasteiger partial charge in [0, 0.05) is 42.3 Å². The Labute approximate surface area is 215 Å². The van der Waals surface area contributed by atoms with Crippen molar-refractivity contribution in [1.82, 2.24) is 14.1 Å². The van der Waals surface area contributed by atoms with Crippen molar-refractivity contribution in [1.29, 1.82) is 0 Å². The number of hydrogen-bond donors (Lipinski definition) is 0. The van der Waals surface area contributed by atoms with Gasteiger partial charge in [-0.1, -0.05) is 60.7 Å². The Bertz CT molecular complexity index is 1690. The van der Waals surface area contributed by atoms with Gasteiger partial charge >= 0.3 is 0 Å². The number of aryl methyl sites for hydroxylation is 1. The molecule has 0 radical (unpaired) electrons. The first-order valence-electron chi connectivity index (χ1n) is 12.2. The molecule has 37 heavy (non-hydrogen) atoms. The molecule has 0 saturated heterocycles. The number of carbonyl (C=O) groups is 1. The number of fused-ring (bicyclic) bond motifs is 1. The molecule has 6 aromatic rings. The van der Waals surface area contributed by atoms with Gasteiger partial charge in [0.25, 0.3) is 0 Å². The zero-order valence-electron chi connectivity index (χ0n) is 20.4. The van der Waals surface area contributed by atoms with Crippen molar-refractivity contribution >= 4 is 16.6 Å². The number of rotatable bonds is 7. The molecule has 2 aromatic heterocycles. The Balaban J connectivity index is 1.39. The maximum Gasteiger partial charge on any atom is 0.195 e. The van der Waals surface area contributed by atoms with Crippen LogP contribution in [0, 0.1) is 0 Å². The summed E-state index contributed by atoms with van der Waals surface area (Å²) in [6.45, 7) is 0.616. The zero-order valence-corrected chi connectivity index (χ0v) is 20.4. The molecule has 0 N–H and O–H groups in total. The number of imidazole rings is 1. The number of para-hydroxylation sites is 1. The average molecular weight is 484 g/mol. The fourth-order valence-corrected chi connectivity index (χ4v) is 4.63. The van der Waals surface area contributed by atoms with Crippen LogP contribution in [0.4, 0.5) is 0 Å². The number of carbonyl (C=O) groups excluding carboxylic acids is 1. The molecule has 180 valence electrons. The second-order valence-electron chi connectivity index (χ2n) is 9.05. The number of hydrogen-bond acceptors (Lipinski definition) is 3. The van der Waals surface area contributed by atoms with Gasteiger partial charge < -0.3 is 13.9 Å². The highest BCUT2D eigenvalue weighted by Gasteiger charge is 2.20. The molecule has 0 saturated carbocycles. The summed E-state index contributed by atoms with van der Waals surface area (Å²) in [5.74, 6) is 1.41. The van der Waals surface area contributed by atoms with Crippen LogP contribution in [0.5, 0.6) is 11.5 Å². The second kappa shape index (κ2) is 9.63. The van der Waals surface area contributed by atoms with Gasteiger partial charge in [0.15, 0.2) is 5.78 Å². The van der Waals surface area contributed by atoms with Gasteiger partial charge in [-0.15, -0.1) is 0 Å². The smallest absolute Gasteiger partial charge is 0.195 e. The normalized spacial score (nSPS) is 11.1. The average Bonchev–Trinajstić information content (AvgIpc) is 3.55. The summed E-state index contributed by atoms with van der Waals surface area (Å²) < 4.78 is 9.96. The molecule has 6 rings (SSSR count). The third-order valence-electron chi connectivity index (χ3n) is 6.56. The van der Waals surface area contributed by atoms with Crippen molar-refractivity contribution in [2.45, 2.75) is 6.54 Å². The van der Waals surface area contributed by atoms with Gasteiger partial charge in [0.05, 0.1) is 18.6 Å². The number of aromatic nitrogens is 3. The Hall–Kier alpha value is -4.90. The highest BCUT2D eigenvalue weighted by Crippen LogP contribution is 2.33. The molecule has 2 heterocycles. The molecule has 0 aliphatic rings. The van der Waals surface area contributed by atoms with E-state index in [9.17, 15) is 4.79 Å². The molecular weight excluding hydrogens is 458 g/mol. The second-order valence-corrected chi connectivity index (χ2v) is 9.05. The third-order valence-corrected chi connectivity index (χ3v) is 6.56. The van der Waals surface area contributed by atoms with Gasteiger partial charge in [-0.3, -0.25) is 4.79 Å². The largest absolute Gasteiger partial charge is 0.457 e. The zero-order chi connectivity index (χ0) is 25.2. The Morgan fingerprint density at radius 3 is 2.30 bits per heavy atom. The van der Waals surface area contributed by atoms with Crippen LogP contribution < -0.4 is 4.74 Å². The van der Waals surface area contributed by atoms with E-state index < -0.39 is 0 Å². The van der Waals surface area contributed by atoms with E-state index in [-0.39, 0.29) is 5.78 Å². The van der Waals surface area contributed by atoms with Gasteiger partial charge in [0.2, 0.25) is 0 Å². The van der Waals surface area contributed by atoms with Crippen molar-refractivity contribution in [3.63, 3.8) is 0 Å². The van der Waals surface area contributed by atoms with E-state index >= 15 is 0 Å². The minimum Gasteiger partial charge on any atom is -0.457 e. The maximum absolute atomic E-state index is 13.9. The van der Waals surface area contributed by atoms with Crippen LogP contribution in [0.25, 0.3) is 21.9 Å². The lowest BCUT2D eigenvalue weighted by atomic mass is 9.94. The van der Waals surface area contributed by atoms with Crippen LogP contribution >= 0.6 is 0 Å². The predicted molar refractivity (Wildman–Crippen MR) is 146 cm³/mol. The molecular formula is C32H25N3O2. The molecule has 0 atom stereocenters. The van der Waals surface area contributed by atoms with Gasteiger partial charge in [-0.25, -0.2) is 4.98 Å². The van der Waals surface area contributed by atoms with E-state index in [1.165, 1.54) is 0 Å². The fourth-order valence-electron chi connectivity index (χ4n) is 4.63. The quantitative estimate of drug-likeness (QED) is 0.227.